The van der Waals surface area contributed by atoms with E-state index in [0.29, 0.717) is 31.2 Å². The maximum atomic E-state index is 15.2. The molecule has 36 heavy (non-hydrogen) atoms. The minimum absolute atomic E-state index is 0.111. The van der Waals surface area contributed by atoms with E-state index in [0.717, 1.165) is 6.20 Å². The molecule has 0 unspecified atom stereocenters. The minimum Gasteiger partial charge on any atom is -0.377 e. The van der Waals surface area contributed by atoms with Crippen molar-refractivity contribution in [1.82, 2.24) is 19.3 Å². The van der Waals surface area contributed by atoms with Gasteiger partial charge in [0.05, 0.1) is 30.7 Å². The fraction of sp³-hybridized carbons (Fsp3) is 0.429. The SMILES string of the molecule is O=S(=O)(N[C@@H](c1cn(C2COC2)c2nc(-c3cc(F)cnc3C(F)(F)F)c(F)cc12)C(F)F)C1CC1. The average molecular weight is 538 g/mol. The molecule has 0 bridgehead atoms. The number of sulfonamides is 1. The molecule has 0 radical (unpaired) electrons. The van der Waals surface area contributed by atoms with Crippen molar-refractivity contribution >= 4 is 21.1 Å². The van der Waals surface area contributed by atoms with Crippen molar-refractivity contribution in [3.05, 3.63) is 47.4 Å². The van der Waals surface area contributed by atoms with E-state index >= 15 is 4.39 Å². The number of aromatic nitrogens is 3. The number of alkyl halides is 5. The molecule has 5 rings (SSSR count). The van der Waals surface area contributed by atoms with Crippen molar-refractivity contribution in [1.29, 1.82) is 0 Å². The van der Waals surface area contributed by atoms with Crippen LogP contribution in [0.2, 0.25) is 0 Å². The zero-order chi connectivity index (χ0) is 26.0. The molecule has 2 fully saturated rings. The van der Waals surface area contributed by atoms with Gasteiger partial charge in [0, 0.05) is 22.7 Å². The molecule has 0 amide bonds. The van der Waals surface area contributed by atoms with E-state index < -0.39 is 68.5 Å². The van der Waals surface area contributed by atoms with Crippen LogP contribution in [0.3, 0.4) is 0 Å². The van der Waals surface area contributed by atoms with Gasteiger partial charge in [-0.1, -0.05) is 0 Å². The number of hydrogen-bond acceptors (Lipinski definition) is 5. The summed E-state index contributed by atoms with van der Waals surface area (Å²) >= 11 is 0. The summed E-state index contributed by atoms with van der Waals surface area (Å²) in [6, 6.07) is -1.42. The zero-order valence-electron chi connectivity index (χ0n) is 18.1. The van der Waals surface area contributed by atoms with Gasteiger partial charge in [0.1, 0.15) is 29.0 Å². The Hall–Kier alpha value is -2.78. The van der Waals surface area contributed by atoms with Crippen molar-refractivity contribution in [3.63, 3.8) is 0 Å². The van der Waals surface area contributed by atoms with Crippen LogP contribution in [0.4, 0.5) is 30.7 Å². The first kappa shape index (κ1) is 24.9. The molecule has 1 aliphatic heterocycles. The average Bonchev–Trinajstić information content (AvgIpc) is 3.54. The monoisotopic (exact) mass is 538 g/mol. The summed E-state index contributed by atoms with van der Waals surface area (Å²) in [6.45, 7) is 0.222. The van der Waals surface area contributed by atoms with Gasteiger partial charge in [-0.2, -0.15) is 13.2 Å². The van der Waals surface area contributed by atoms with Gasteiger partial charge in [-0.3, -0.25) is 0 Å². The Labute approximate surface area is 199 Å². The number of fused-ring (bicyclic) bond motifs is 1. The summed E-state index contributed by atoms with van der Waals surface area (Å²) in [5.41, 5.74) is -3.94. The maximum absolute atomic E-state index is 15.2. The van der Waals surface area contributed by atoms with Crippen LogP contribution in [0.25, 0.3) is 22.3 Å². The summed E-state index contributed by atoms with van der Waals surface area (Å²) in [5, 5.41) is -1.04. The number of hydrogen-bond donors (Lipinski definition) is 1. The lowest BCUT2D eigenvalue weighted by atomic mass is 10.0. The largest absolute Gasteiger partial charge is 0.434 e. The number of nitrogens with zero attached hydrogens (tertiary/aromatic N) is 3. The number of ether oxygens (including phenoxy) is 1. The summed E-state index contributed by atoms with van der Waals surface area (Å²) in [5.74, 6) is -2.53. The lowest BCUT2D eigenvalue weighted by Crippen LogP contribution is -2.35. The van der Waals surface area contributed by atoms with Crippen molar-refractivity contribution in [3.8, 4) is 11.3 Å². The van der Waals surface area contributed by atoms with E-state index in [9.17, 15) is 34.8 Å². The predicted molar refractivity (Wildman–Crippen MR) is 112 cm³/mol. The quantitative estimate of drug-likeness (QED) is 0.452. The van der Waals surface area contributed by atoms with Crippen molar-refractivity contribution in [2.45, 2.75) is 42.8 Å². The summed E-state index contributed by atoms with van der Waals surface area (Å²) in [4.78, 5) is 7.01. The molecule has 1 saturated carbocycles. The molecule has 4 heterocycles. The number of pyridine rings is 2. The Morgan fingerprint density at radius 2 is 1.83 bits per heavy atom. The van der Waals surface area contributed by atoms with Crippen molar-refractivity contribution in [2.24, 2.45) is 0 Å². The van der Waals surface area contributed by atoms with E-state index in [1.165, 1.54) is 4.57 Å². The van der Waals surface area contributed by atoms with Crippen LogP contribution < -0.4 is 4.72 Å². The Morgan fingerprint density at radius 3 is 2.39 bits per heavy atom. The van der Waals surface area contributed by atoms with Crippen LogP contribution in [0.15, 0.2) is 24.5 Å². The zero-order valence-corrected chi connectivity index (χ0v) is 18.9. The molecule has 7 nitrogen and oxygen atoms in total. The fourth-order valence-electron chi connectivity index (χ4n) is 4.02. The molecule has 3 aromatic heterocycles. The predicted octanol–water partition coefficient (Wildman–Crippen LogP) is 4.35. The first-order valence-corrected chi connectivity index (χ1v) is 12.2. The van der Waals surface area contributed by atoms with Crippen LogP contribution in [0.1, 0.15) is 36.2 Å². The summed E-state index contributed by atoms with van der Waals surface area (Å²) in [7, 11) is -4.09. The molecule has 15 heteroatoms. The van der Waals surface area contributed by atoms with Crippen LogP contribution in [0, 0.1) is 11.6 Å². The van der Waals surface area contributed by atoms with Gasteiger partial charge in [-0.25, -0.2) is 40.7 Å². The normalized spacial score (nSPS) is 18.1. The molecular weight excluding hydrogens is 521 g/mol. The van der Waals surface area contributed by atoms with Gasteiger partial charge in [-0.15, -0.1) is 0 Å². The van der Waals surface area contributed by atoms with Gasteiger partial charge in [-0.05, 0) is 25.0 Å². The molecule has 0 spiro atoms. The van der Waals surface area contributed by atoms with E-state index in [2.05, 4.69) is 9.97 Å². The third-order valence-electron chi connectivity index (χ3n) is 6.02. The minimum atomic E-state index is -5.07. The second-order valence-corrected chi connectivity index (χ2v) is 10.6. The Balaban J connectivity index is 1.71. The number of halogens is 7. The second-order valence-electron chi connectivity index (χ2n) is 8.59. The summed E-state index contributed by atoms with van der Waals surface area (Å²) in [6.07, 6.45) is -6.18. The van der Waals surface area contributed by atoms with Crippen LogP contribution in [-0.4, -0.2) is 47.8 Å². The van der Waals surface area contributed by atoms with Gasteiger partial charge in [0.25, 0.3) is 6.43 Å². The van der Waals surface area contributed by atoms with E-state index in [1.54, 1.807) is 0 Å². The first-order valence-electron chi connectivity index (χ1n) is 10.7. The molecular formula is C21H17F7N4O3S. The van der Waals surface area contributed by atoms with Crippen LogP contribution in [0.5, 0.6) is 0 Å². The molecule has 1 N–H and O–H groups in total. The van der Waals surface area contributed by atoms with E-state index in [-0.39, 0.29) is 29.8 Å². The summed E-state index contributed by atoms with van der Waals surface area (Å²) < 4.78 is 131. The topological polar surface area (TPSA) is 86.1 Å². The number of rotatable bonds is 7. The van der Waals surface area contributed by atoms with Gasteiger partial charge >= 0.3 is 6.18 Å². The molecule has 1 atom stereocenters. The van der Waals surface area contributed by atoms with E-state index in [1.807, 2.05) is 4.72 Å². The third-order valence-corrected chi connectivity index (χ3v) is 7.95. The highest BCUT2D eigenvalue weighted by Gasteiger charge is 2.41. The molecule has 2 aliphatic rings. The fourth-order valence-corrected chi connectivity index (χ4v) is 5.55. The standard InChI is InChI=1S/C21H17F7N4O3S/c22-9-3-13(18(29-5-9)21(26,27)28)16-15(23)4-12-14(6-32(20(12)30-16)10-7-35-8-10)17(19(24)25)31-36(33,34)11-1-2-11/h3-6,10-11,17,19,31H,1-2,7-8H2/t17-/m0/s1. The lowest BCUT2D eigenvalue weighted by Gasteiger charge is -2.28. The second kappa shape index (κ2) is 8.66. The van der Waals surface area contributed by atoms with Crippen molar-refractivity contribution in [2.75, 3.05) is 13.2 Å². The Morgan fingerprint density at radius 1 is 1.14 bits per heavy atom. The van der Waals surface area contributed by atoms with Gasteiger partial charge in [0.2, 0.25) is 10.0 Å². The molecule has 0 aromatic carbocycles. The van der Waals surface area contributed by atoms with Crippen LogP contribution in [-0.2, 0) is 20.9 Å². The molecule has 1 aliphatic carbocycles. The van der Waals surface area contributed by atoms with E-state index in [4.69, 9.17) is 4.74 Å². The Kier molecular flexibility index (Phi) is 5.99. The lowest BCUT2D eigenvalue weighted by molar-refractivity contribution is -0.140. The highest BCUT2D eigenvalue weighted by molar-refractivity contribution is 7.90. The third kappa shape index (κ3) is 4.43. The maximum Gasteiger partial charge on any atom is 0.434 e. The van der Waals surface area contributed by atoms with Gasteiger partial charge in [0.15, 0.2) is 5.69 Å². The Bertz CT molecular complexity index is 1430. The number of nitrogens with one attached hydrogen (secondary N) is 1. The molecule has 194 valence electrons. The van der Waals surface area contributed by atoms with Crippen molar-refractivity contribution < 1.29 is 43.9 Å². The van der Waals surface area contributed by atoms with Crippen LogP contribution >= 0.6 is 0 Å². The van der Waals surface area contributed by atoms with Gasteiger partial charge < -0.3 is 9.30 Å². The molecule has 1 saturated heterocycles. The smallest absolute Gasteiger partial charge is 0.377 e. The molecule has 3 aromatic rings. The highest BCUT2D eigenvalue weighted by Crippen LogP contribution is 2.40. The first-order chi connectivity index (χ1) is 16.9. The highest BCUT2D eigenvalue weighted by atomic mass is 32.2.